The Morgan fingerprint density at radius 3 is 2.35 bits per heavy atom. The molecule has 0 aliphatic rings. The Balaban J connectivity index is 1.87. The van der Waals surface area contributed by atoms with Gasteiger partial charge in [-0.25, -0.2) is 14.4 Å². The predicted octanol–water partition coefficient (Wildman–Crippen LogP) is 1.81. The lowest BCUT2D eigenvalue weighted by Crippen LogP contribution is -2.16. The van der Waals surface area contributed by atoms with Gasteiger partial charge in [-0.1, -0.05) is 13.8 Å². The number of methoxy groups -OCH3 is 2. The van der Waals surface area contributed by atoms with Crippen LogP contribution in [0, 0.1) is 5.82 Å². The molecule has 0 aromatic carbocycles. The number of anilines is 1. The standard InChI is InChI=1S/C20H27FN8O4S/c1-12(17-22-9-14(21)10-23-17)13(2)34-28-20-27-26-15(5-7-33-8-6-30)29(20)16-18(31-3)24-11-25-19(16)32-4/h9-13,30H,5-8H2,1-4H3,(H,27,28). The summed E-state index contributed by atoms with van der Waals surface area (Å²) in [4.78, 5) is 16.5. The van der Waals surface area contributed by atoms with Gasteiger partial charge in [-0.3, -0.25) is 9.29 Å². The van der Waals surface area contributed by atoms with Crippen LogP contribution < -0.4 is 14.2 Å². The molecule has 184 valence electrons. The number of ether oxygens (including phenoxy) is 3. The highest BCUT2D eigenvalue weighted by atomic mass is 32.2. The molecule has 2 N–H and O–H groups in total. The van der Waals surface area contributed by atoms with Gasteiger partial charge in [0.2, 0.25) is 17.7 Å². The van der Waals surface area contributed by atoms with Crippen LogP contribution in [0.5, 0.6) is 11.8 Å². The Morgan fingerprint density at radius 2 is 1.74 bits per heavy atom. The minimum atomic E-state index is -0.481. The second-order valence-corrected chi connectivity index (χ2v) is 8.26. The third-order valence-electron chi connectivity index (χ3n) is 4.89. The summed E-state index contributed by atoms with van der Waals surface area (Å²) >= 11 is 1.38. The maximum atomic E-state index is 13.2. The van der Waals surface area contributed by atoms with E-state index >= 15 is 0 Å². The zero-order valence-electron chi connectivity index (χ0n) is 19.3. The molecule has 0 amide bonds. The average Bonchev–Trinajstić information content (AvgIpc) is 3.26. The Labute approximate surface area is 200 Å². The van der Waals surface area contributed by atoms with Crippen molar-refractivity contribution in [3.63, 3.8) is 0 Å². The summed E-state index contributed by atoms with van der Waals surface area (Å²) < 4.78 is 34.4. The zero-order valence-corrected chi connectivity index (χ0v) is 20.1. The van der Waals surface area contributed by atoms with Crippen LogP contribution >= 0.6 is 11.9 Å². The Morgan fingerprint density at radius 1 is 1.06 bits per heavy atom. The number of hydrogen-bond donors (Lipinski definition) is 2. The van der Waals surface area contributed by atoms with Crippen LogP contribution in [0.3, 0.4) is 0 Å². The van der Waals surface area contributed by atoms with Crippen molar-refractivity contribution in [3.05, 3.63) is 36.2 Å². The highest BCUT2D eigenvalue weighted by Crippen LogP contribution is 2.34. The number of halogens is 1. The van der Waals surface area contributed by atoms with Crippen molar-refractivity contribution in [2.45, 2.75) is 31.4 Å². The zero-order chi connectivity index (χ0) is 24.5. The first kappa shape index (κ1) is 25.5. The molecule has 3 aromatic rings. The fourth-order valence-corrected chi connectivity index (χ4v) is 3.71. The van der Waals surface area contributed by atoms with Crippen molar-refractivity contribution in [3.8, 4) is 17.4 Å². The highest BCUT2D eigenvalue weighted by molar-refractivity contribution is 8.01. The van der Waals surface area contributed by atoms with Gasteiger partial charge in [0, 0.05) is 17.6 Å². The summed E-state index contributed by atoms with van der Waals surface area (Å²) in [5.74, 6) is 1.47. The van der Waals surface area contributed by atoms with Gasteiger partial charge in [-0.05, 0) is 11.9 Å². The van der Waals surface area contributed by atoms with E-state index in [0.717, 1.165) is 12.4 Å². The molecular formula is C20H27FN8O4S. The quantitative estimate of drug-likeness (QED) is 0.264. The van der Waals surface area contributed by atoms with Gasteiger partial charge in [-0.2, -0.15) is 9.97 Å². The lowest BCUT2D eigenvalue weighted by atomic mass is 10.1. The molecule has 12 nitrogen and oxygen atoms in total. The maximum absolute atomic E-state index is 13.2. The number of aromatic nitrogens is 7. The minimum absolute atomic E-state index is 0.0113. The second kappa shape index (κ2) is 12.4. The first-order chi connectivity index (χ1) is 16.5. The van der Waals surface area contributed by atoms with Crippen molar-refractivity contribution in [2.24, 2.45) is 0 Å². The summed E-state index contributed by atoms with van der Waals surface area (Å²) in [6, 6.07) is 0. The molecule has 14 heteroatoms. The molecule has 0 aliphatic heterocycles. The smallest absolute Gasteiger partial charge is 0.245 e. The molecule has 3 rings (SSSR count). The van der Waals surface area contributed by atoms with E-state index in [2.05, 4.69) is 34.9 Å². The third kappa shape index (κ3) is 6.07. The minimum Gasteiger partial charge on any atom is -0.479 e. The highest BCUT2D eigenvalue weighted by Gasteiger charge is 2.25. The molecular weight excluding hydrogens is 467 g/mol. The lowest BCUT2D eigenvalue weighted by molar-refractivity contribution is 0.0934. The average molecular weight is 495 g/mol. The number of nitrogens with one attached hydrogen (secondary N) is 1. The number of aliphatic hydroxyl groups excluding tert-OH is 1. The molecule has 0 spiro atoms. The molecule has 0 radical (unpaired) electrons. The van der Waals surface area contributed by atoms with E-state index in [1.54, 1.807) is 4.57 Å². The summed E-state index contributed by atoms with van der Waals surface area (Å²) in [6.07, 6.45) is 4.04. The summed E-state index contributed by atoms with van der Waals surface area (Å²) in [7, 11) is 2.99. The van der Waals surface area contributed by atoms with Gasteiger partial charge in [0.05, 0.1) is 46.4 Å². The van der Waals surface area contributed by atoms with Crippen LogP contribution in [0.4, 0.5) is 10.3 Å². The van der Waals surface area contributed by atoms with Gasteiger partial charge >= 0.3 is 0 Å². The monoisotopic (exact) mass is 494 g/mol. The van der Waals surface area contributed by atoms with Crippen LogP contribution in [0.15, 0.2) is 18.7 Å². The van der Waals surface area contributed by atoms with Crippen LogP contribution in [-0.2, 0) is 11.2 Å². The van der Waals surface area contributed by atoms with Gasteiger partial charge in [-0.15, -0.1) is 10.2 Å². The molecule has 0 aliphatic carbocycles. The largest absolute Gasteiger partial charge is 0.479 e. The fourth-order valence-electron chi connectivity index (χ4n) is 2.96. The van der Waals surface area contributed by atoms with E-state index in [9.17, 15) is 4.39 Å². The van der Waals surface area contributed by atoms with Gasteiger partial charge < -0.3 is 19.3 Å². The SMILES string of the molecule is COc1ncnc(OC)c1-n1c(CCOCCO)nnc1NSC(C)C(C)c1ncc(F)cn1. The van der Waals surface area contributed by atoms with E-state index in [-0.39, 0.29) is 36.1 Å². The molecule has 2 unspecified atom stereocenters. The lowest BCUT2D eigenvalue weighted by Gasteiger charge is -2.19. The van der Waals surface area contributed by atoms with Crippen LogP contribution in [0.25, 0.3) is 5.69 Å². The fraction of sp³-hybridized carbons (Fsp3) is 0.500. The Hall–Kier alpha value is -3.10. The van der Waals surface area contributed by atoms with Crippen LogP contribution in [-0.4, -0.2) is 79.1 Å². The van der Waals surface area contributed by atoms with Crippen molar-refractivity contribution in [1.82, 2.24) is 34.7 Å². The van der Waals surface area contributed by atoms with E-state index in [4.69, 9.17) is 19.3 Å². The molecule has 0 saturated heterocycles. The summed E-state index contributed by atoms with van der Waals surface area (Å²) in [6.45, 7) is 4.42. The molecule has 0 fully saturated rings. The van der Waals surface area contributed by atoms with Gasteiger partial charge in [0.25, 0.3) is 0 Å². The number of hydrogen-bond acceptors (Lipinski definition) is 12. The Bertz CT molecular complexity index is 1030. The summed E-state index contributed by atoms with van der Waals surface area (Å²) in [5.41, 5.74) is 0.431. The Kier molecular flexibility index (Phi) is 9.30. The normalized spacial score (nSPS) is 12.9. The molecule has 0 bridgehead atoms. The number of rotatable bonds is 13. The molecule has 3 heterocycles. The van der Waals surface area contributed by atoms with E-state index in [1.165, 1.54) is 32.5 Å². The summed E-state index contributed by atoms with van der Waals surface area (Å²) in [5, 5.41) is 17.5. The molecule has 3 aromatic heterocycles. The number of nitrogens with zero attached hydrogens (tertiary/aromatic N) is 7. The predicted molar refractivity (Wildman–Crippen MR) is 123 cm³/mol. The van der Waals surface area contributed by atoms with Gasteiger partial charge in [0.15, 0.2) is 11.5 Å². The van der Waals surface area contributed by atoms with Crippen molar-refractivity contribution in [2.75, 3.05) is 38.8 Å². The van der Waals surface area contributed by atoms with Gasteiger partial charge in [0.1, 0.15) is 18.0 Å². The molecule has 34 heavy (non-hydrogen) atoms. The van der Waals surface area contributed by atoms with Crippen LogP contribution in [0.2, 0.25) is 0 Å². The molecule has 0 saturated carbocycles. The van der Waals surface area contributed by atoms with Crippen LogP contribution in [0.1, 0.15) is 31.4 Å². The van der Waals surface area contributed by atoms with E-state index in [1.807, 2.05) is 13.8 Å². The number of aliphatic hydroxyl groups is 1. The first-order valence-corrected chi connectivity index (χ1v) is 11.3. The third-order valence-corrected chi connectivity index (χ3v) is 5.97. The first-order valence-electron chi connectivity index (χ1n) is 10.5. The maximum Gasteiger partial charge on any atom is 0.245 e. The van der Waals surface area contributed by atoms with Crippen molar-refractivity contribution in [1.29, 1.82) is 0 Å². The topological polar surface area (TPSA) is 142 Å². The molecule has 2 atom stereocenters. The second-order valence-electron chi connectivity index (χ2n) is 7.08. The van der Waals surface area contributed by atoms with Crippen molar-refractivity contribution >= 4 is 17.9 Å². The van der Waals surface area contributed by atoms with E-state index in [0.29, 0.717) is 36.3 Å². The van der Waals surface area contributed by atoms with Crippen molar-refractivity contribution < 1.29 is 23.7 Å². The van der Waals surface area contributed by atoms with E-state index < -0.39 is 5.82 Å².